The summed E-state index contributed by atoms with van der Waals surface area (Å²) in [7, 11) is -2.03. The molecule has 2 rings (SSSR count). The number of amides is 1. The quantitative estimate of drug-likeness (QED) is 0.817. The summed E-state index contributed by atoms with van der Waals surface area (Å²) in [5, 5.41) is 0.410. The van der Waals surface area contributed by atoms with E-state index in [-0.39, 0.29) is 12.5 Å². The van der Waals surface area contributed by atoms with E-state index in [4.69, 9.17) is 11.6 Å². The zero-order valence-electron chi connectivity index (χ0n) is 13.7. The summed E-state index contributed by atoms with van der Waals surface area (Å²) in [5.41, 5.74) is 1.82. The van der Waals surface area contributed by atoms with Crippen molar-refractivity contribution >= 4 is 38.9 Å². The zero-order valence-corrected chi connectivity index (χ0v) is 15.3. The molecule has 0 aromatic heterocycles. The monoisotopic (exact) mass is 366 g/mol. The van der Waals surface area contributed by atoms with Crippen molar-refractivity contribution in [2.45, 2.75) is 6.92 Å². The van der Waals surface area contributed by atoms with E-state index in [0.29, 0.717) is 16.4 Å². The lowest BCUT2D eigenvalue weighted by Gasteiger charge is -2.26. The van der Waals surface area contributed by atoms with Crippen molar-refractivity contribution in [2.75, 3.05) is 29.1 Å². The minimum absolute atomic E-state index is 0.300. The van der Waals surface area contributed by atoms with E-state index in [0.717, 1.165) is 16.1 Å². The highest BCUT2D eigenvalue weighted by atomic mass is 35.5. The Morgan fingerprint density at radius 3 is 2.33 bits per heavy atom. The summed E-state index contributed by atoms with van der Waals surface area (Å²) in [6.07, 6.45) is 1.07. The van der Waals surface area contributed by atoms with Crippen molar-refractivity contribution in [3.63, 3.8) is 0 Å². The van der Waals surface area contributed by atoms with Crippen LogP contribution in [-0.2, 0) is 14.8 Å². The van der Waals surface area contributed by atoms with Gasteiger partial charge in [-0.1, -0.05) is 35.9 Å². The van der Waals surface area contributed by atoms with E-state index < -0.39 is 10.0 Å². The lowest BCUT2D eigenvalue weighted by molar-refractivity contribution is -0.116. The second-order valence-electron chi connectivity index (χ2n) is 5.49. The smallest absolute Gasteiger partial charge is 0.247 e. The fourth-order valence-electron chi connectivity index (χ4n) is 2.26. The summed E-state index contributed by atoms with van der Waals surface area (Å²) in [6, 6.07) is 14.0. The molecule has 0 aliphatic rings. The van der Waals surface area contributed by atoms with Crippen molar-refractivity contribution in [1.29, 1.82) is 0 Å². The van der Waals surface area contributed by atoms with Gasteiger partial charge in [0.15, 0.2) is 0 Å². The number of carbonyl (C=O) groups is 1. The molecule has 0 spiro atoms. The maximum Gasteiger partial charge on any atom is 0.247 e. The SMILES string of the molecule is Cc1ccc(Cl)cc1N(CC(=O)N(C)c1ccccc1)S(C)(=O)=O. The lowest BCUT2D eigenvalue weighted by atomic mass is 10.2. The second kappa shape index (κ2) is 7.23. The summed E-state index contributed by atoms with van der Waals surface area (Å²) in [4.78, 5) is 14.0. The molecule has 2 aromatic rings. The molecule has 0 saturated carbocycles. The second-order valence-corrected chi connectivity index (χ2v) is 7.83. The largest absolute Gasteiger partial charge is 0.314 e. The molecule has 0 saturated heterocycles. The average molecular weight is 367 g/mol. The molecule has 0 N–H and O–H groups in total. The van der Waals surface area contributed by atoms with Crippen molar-refractivity contribution in [3.8, 4) is 0 Å². The van der Waals surface area contributed by atoms with Gasteiger partial charge in [-0.25, -0.2) is 8.42 Å². The first-order valence-electron chi connectivity index (χ1n) is 7.25. The Bertz CT molecular complexity index is 838. The summed E-state index contributed by atoms with van der Waals surface area (Å²) in [5.74, 6) is -0.342. The maximum absolute atomic E-state index is 12.6. The first-order chi connectivity index (χ1) is 11.2. The van der Waals surface area contributed by atoms with E-state index in [9.17, 15) is 13.2 Å². The molecule has 0 aliphatic heterocycles. The highest BCUT2D eigenvalue weighted by Gasteiger charge is 2.24. The topological polar surface area (TPSA) is 57.7 Å². The van der Waals surface area contributed by atoms with Crippen LogP contribution >= 0.6 is 11.6 Å². The fourth-order valence-corrected chi connectivity index (χ4v) is 3.32. The van der Waals surface area contributed by atoms with Crippen molar-refractivity contribution < 1.29 is 13.2 Å². The van der Waals surface area contributed by atoms with Gasteiger partial charge in [-0.3, -0.25) is 9.10 Å². The van der Waals surface area contributed by atoms with E-state index in [1.54, 1.807) is 44.3 Å². The predicted molar refractivity (Wildman–Crippen MR) is 98.2 cm³/mol. The molecule has 7 heteroatoms. The first kappa shape index (κ1) is 18.3. The number of sulfonamides is 1. The number of likely N-dealkylation sites (N-methyl/N-ethyl adjacent to an activating group) is 1. The van der Waals surface area contributed by atoms with Gasteiger partial charge < -0.3 is 4.90 Å². The third-order valence-corrected chi connectivity index (χ3v) is 5.00. The van der Waals surface area contributed by atoms with Crippen LogP contribution in [-0.4, -0.2) is 34.2 Å². The molecule has 1 amide bonds. The van der Waals surface area contributed by atoms with Crippen molar-refractivity contribution in [1.82, 2.24) is 0 Å². The molecule has 5 nitrogen and oxygen atoms in total. The third kappa shape index (κ3) is 4.27. The van der Waals surface area contributed by atoms with Crippen LogP contribution in [0.2, 0.25) is 5.02 Å². The number of halogens is 1. The molecule has 0 fully saturated rings. The van der Waals surface area contributed by atoms with Crippen LogP contribution < -0.4 is 9.21 Å². The minimum Gasteiger partial charge on any atom is -0.314 e. The van der Waals surface area contributed by atoms with Gasteiger partial charge in [-0.2, -0.15) is 0 Å². The van der Waals surface area contributed by atoms with Gasteiger partial charge >= 0.3 is 0 Å². The molecule has 0 radical (unpaired) electrons. The third-order valence-electron chi connectivity index (χ3n) is 3.64. The van der Waals surface area contributed by atoms with Crippen LogP contribution in [0.25, 0.3) is 0 Å². The fraction of sp³-hybridized carbons (Fsp3) is 0.235. The first-order valence-corrected chi connectivity index (χ1v) is 9.48. The Labute approximate surface area is 147 Å². The molecule has 2 aromatic carbocycles. The van der Waals surface area contributed by atoms with Gasteiger partial charge in [0.1, 0.15) is 6.54 Å². The van der Waals surface area contributed by atoms with Gasteiger partial charge in [-0.05, 0) is 36.8 Å². The standard InChI is InChI=1S/C17H19ClN2O3S/c1-13-9-10-14(18)11-16(13)20(24(3,22)23)12-17(21)19(2)15-7-5-4-6-8-15/h4-11H,12H2,1-3H3. The van der Waals surface area contributed by atoms with Crippen molar-refractivity contribution in [3.05, 3.63) is 59.1 Å². The van der Waals surface area contributed by atoms with Gasteiger partial charge in [0, 0.05) is 17.8 Å². The van der Waals surface area contributed by atoms with Gasteiger partial charge in [0.2, 0.25) is 15.9 Å². The predicted octanol–water partition coefficient (Wildman–Crippen LogP) is 3.08. The van der Waals surface area contributed by atoms with Gasteiger partial charge in [0.05, 0.1) is 11.9 Å². The van der Waals surface area contributed by atoms with Crippen LogP contribution in [0.4, 0.5) is 11.4 Å². The van der Waals surface area contributed by atoms with Crippen molar-refractivity contribution in [2.24, 2.45) is 0 Å². The minimum atomic E-state index is -3.64. The molecule has 0 bridgehead atoms. The van der Waals surface area contributed by atoms with E-state index in [2.05, 4.69) is 0 Å². The Kier molecular flexibility index (Phi) is 5.51. The molecular weight excluding hydrogens is 348 g/mol. The molecule has 128 valence electrons. The molecular formula is C17H19ClN2O3S. The number of para-hydroxylation sites is 1. The highest BCUT2D eigenvalue weighted by molar-refractivity contribution is 7.92. The van der Waals surface area contributed by atoms with Crippen LogP contribution in [0, 0.1) is 6.92 Å². The number of hydrogen-bond donors (Lipinski definition) is 0. The van der Waals surface area contributed by atoms with Crippen LogP contribution in [0.1, 0.15) is 5.56 Å². The van der Waals surface area contributed by atoms with E-state index in [1.165, 1.54) is 4.90 Å². The normalized spacial score (nSPS) is 11.2. The Morgan fingerprint density at radius 1 is 1.12 bits per heavy atom. The maximum atomic E-state index is 12.6. The van der Waals surface area contributed by atoms with Crippen LogP contribution in [0.3, 0.4) is 0 Å². The molecule has 24 heavy (non-hydrogen) atoms. The Balaban J connectivity index is 2.34. The number of anilines is 2. The number of benzene rings is 2. The lowest BCUT2D eigenvalue weighted by Crippen LogP contribution is -2.41. The summed E-state index contributed by atoms with van der Waals surface area (Å²) >= 11 is 5.99. The number of nitrogens with zero attached hydrogens (tertiary/aromatic N) is 2. The number of aryl methyl sites for hydroxylation is 1. The number of hydrogen-bond acceptors (Lipinski definition) is 3. The molecule has 0 aliphatic carbocycles. The highest BCUT2D eigenvalue weighted by Crippen LogP contribution is 2.26. The number of rotatable bonds is 5. The van der Waals surface area contributed by atoms with Crippen LogP contribution in [0.15, 0.2) is 48.5 Å². The number of carbonyl (C=O) groups excluding carboxylic acids is 1. The van der Waals surface area contributed by atoms with E-state index >= 15 is 0 Å². The Morgan fingerprint density at radius 2 is 1.75 bits per heavy atom. The zero-order chi connectivity index (χ0) is 17.9. The average Bonchev–Trinajstić information content (AvgIpc) is 2.54. The Hall–Kier alpha value is -2.05. The molecule has 0 heterocycles. The molecule has 0 unspecified atom stereocenters. The van der Waals surface area contributed by atoms with Gasteiger partial charge in [-0.15, -0.1) is 0 Å². The van der Waals surface area contributed by atoms with E-state index in [1.807, 2.05) is 18.2 Å². The summed E-state index contributed by atoms with van der Waals surface area (Å²) in [6.45, 7) is 1.47. The summed E-state index contributed by atoms with van der Waals surface area (Å²) < 4.78 is 25.5. The molecule has 0 atom stereocenters. The van der Waals surface area contributed by atoms with Crippen LogP contribution in [0.5, 0.6) is 0 Å². The van der Waals surface area contributed by atoms with Gasteiger partial charge in [0.25, 0.3) is 0 Å².